The van der Waals surface area contributed by atoms with Gasteiger partial charge in [0.05, 0.1) is 22.0 Å². The number of aromatic hydroxyl groups is 1. The Labute approximate surface area is 215 Å². The minimum absolute atomic E-state index is 0.0152. The van der Waals surface area contributed by atoms with Crippen molar-refractivity contribution < 1.29 is 13.5 Å². The molecule has 1 aromatic heterocycles. The third kappa shape index (κ3) is 5.16. The number of aryl methyl sites for hydroxylation is 2. The number of para-hydroxylation sites is 1. The van der Waals surface area contributed by atoms with E-state index in [0.29, 0.717) is 21.5 Å². The van der Waals surface area contributed by atoms with E-state index in [-0.39, 0.29) is 10.5 Å². The van der Waals surface area contributed by atoms with E-state index in [0.717, 1.165) is 21.9 Å². The van der Waals surface area contributed by atoms with E-state index in [1.165, 1.54) is 24.3 Å². The second kappa shape index (κ2) is 9.96. The quantitative estimate of drug-likeness (QED) is 0.300. The summed E-state index contributed by atoms with van der Waals surface area (Å²) in [6.45, 7) is 3.62. The summed E-state index contributed by atoms with van der Waals surface area (Å²) in [6.07, 6.45) is 1.12. The van der Waals surface area contributed by atoms with Gasteiger partial charge in [0.2, 0.25) is 5.88 Å². The molecule has 3 aromatic carbocycles. The average Bonchev–Trinajstić information content (AvgIpc) is 2.82. The molecule has 0 aliphatic carbocycles. The summed E-state index contributed by atoms with van der Waals surface area (Å²) in [5.41, 5.74) is 0.938. The highest BCUT2D eigenvalue weighted by Crippen LogP contribution is 2.26. The van der Waals surface area contributed by atoms with E-state index < -0.39 is 27.2 Å². The lowest BCUT2D eigenvalue weighted by molar-refractivity contribution is 0.430. The molecule has 0 spiro atoms. The van der Waals surface area contributed by atoms with Crippen molar-refractivity contribution in [1.82, 2.24) is 9.55 Å². The summed E-state index contributed by atoms with van der Waals surface area (Å²) >= 11 is 3.30. The molecule has 0 atom stereocenters. The Morgan fingerprint density at radius 2 is 1.72 bits per heavy atom. The van der Waals surface area contributed by atoms with Crippen LogP contribution in [0.4, 0.5) is 11.4 Å². The summed E-state index contributed by atoms with van der Waals surface area (Å²) in [7, 11) is -3.85. The van der Waals surface area contributed by atoms with Gasteiger partial charge in [0.15, 0.2) is 0 Å². The van der Waals surface area contributed by atoms with Gasteiger partial charge in [-0.05, 0) is 83.4 Å². The van der Waals surface area contributed by atoms with E-state index in [9.17, 15) is 23.1 Å². The van der Waals surface area contributed by atoms with E-state index in [1.807, 2.05) is 13.0 Å². The van der Waals surface area contributed by atoms with Gasteiger partial charge in [-0.15, -0.1) is 0 Å². The maximum absolute atomic E-state index is 12.7. The predicted molar refractivity (Wildman–Crippen MR) is 142 cm³/mol. The van der Waals surface area contributed by atoms with Crippen LogP contribution in [0.1, 0.15) is 16.7 Å². The van der Waals surface area contributed by atoms with Crippen LogP contribution in [0.3, 0.4) is 0 Å². The molecule has 0 unspecified atom stereocenters. The first kappa shape index (κ1) is 25.1. The van der Waals surface area contributed by atoms with E-state index in [1.54, 1.807) is 43.3 Å². The lowest BCUT2D eigenvalue weighted by Gasteiger charge is -2.13. The van der Waals surface area contributed by atoms with Gasteiger partial charge in [0.1, 0.15) is 5.56 Å². The summed E-state index contributed by atoms with van der Waals surface area (Å²) in [5.74, 6) is -0.557. The van der Waals surface area contributed by atoms with E-state index in [2.05, 4.69) is 30.6 Å². The largest absolute Gasteiger partial charge is 0.493 e. The maximum atomic E-state index is 12.7. The molecule has 36 heavy (non-hydrogen) atoms. The number of H-pyrrole nitrogens is 1. The Bertz CT molecular complexity index is 1710. The van der Waals surface area contributed by atoms with E-state index >= 15 is 0 Å². The van der Waals surface area contributed by atoms with Gasteiger partial charge in [0.25, 0.3) is 15.6 Å². The number of aromatic nitrogens is 2. The van der Waals surface area contributed by atoms with Crippen molar-refractivity contribution in [3.63, 3.8) is 0 Å². The van der Waals surface area contributed by atoms with Gasteiger partial charge < -0.3 is 5.11 Å². The van der Waals surface area contributed by atoms with Crippen LogP contribution in [0.25, 0.3) is 5.69 Å². The lowest BCUT2D eigenvalue weighted by atomic mass is 10.1. The summed E-state index contributed by atoms with van der Waals surface area (Å²) in [6, 6.07) is 17.9. The average molecular weight is 569 g/mol. The molecule has 0 bridgehead atoms. The van der Waals surface area contributed by atoms with Crippen LogP contribution in [0.2, 0.25) is 0 Å². The maximum Gasteiger partial charge on any atom is 0.335 e. The first-order valence-corrected chi connectivity index (χ1v) is 12.9. The van der Waals surface area contributed by atoms with Crippen molar-refractivity contribution in [2.75, 3.05) is 4.72 Å². The summed E-state index contributed by atoms with van der Waals surface area (Å²) in [5, 5.41) is 10.8. The van der Waals surface area contributed by atoms with Gasteiger partial charge in [-0.1, -0.05) is 24.3 Å². The van der Waals surface area contributed by atoms with Crippen molar-refractivity contribution in [2.24, 2.45) is 4.99 Å². The Hall–Kier alpha value is -3.96. The first-order valence-electron chi connectivity index (χ1n) is 10.6. The van der Waals surface area contributed by atoms with Gasteiger partial charge in [0, 0.05) is 10.7 Å². The van der Waals surface area contributed by atoms with Gasteiger partial charge in [-0.3, -0.25) is 19.5 Å². The third-order valence-corrected chi connectivity index (χ3v) is 7.41. The molecule has 0 radical (unpaired) electrons. The van der Waals surface area contributed by atoms with Gasteiger partial charge in [-0.25, -0.2) is 17.8 Å². The molecule has 4 aromatic rings. The zero-order valence-corrected chi connectivity index (χ0v) is 21.6. The number of rotatable bonds is 6. The number of nitrogens with one attached hydrogen (secondary N) is 2. The Kier molecular flexibility index (Phi) is 6.95. The van der Waals surface area contributed by atoms with Crippen LogP contribution in [0.15, 0.2) is 90.7 Å². The fraction of sp³-hybridized carbons (Fsp3) is 0.0800. The number of aliphatic imine (C=N–C) groups is 1. The van der Waals surface area contributed by atoms with Crippen LogP contribution < -0.4 is 16.0 Å². The highest BCUT2D eigenvalue weighted by molar-refractivity contribution is 9.10. The van der Waals surface area contributed by atoms with Crippen molar-refractivity contribution in [1.29, 1.82) is 0 Å². The zero-order valence-electron chi connectivity index (χ0n) is 19.2. The number of hydrogen-bond donors (Lipinski definition) is 3. The van der Waals surface area contributed by atoms with Gasteiger partial charge >= 0.3 is 5.69 Å². The highest BCUT2D eigenvalue weighted by atomic mass is 79.9. The minimum Gasteiger partial charge on any atom is -0.493 e. The molecule has 0 fully saturated rings. The first-order chi connectivity index (χ1) is 17.1. The fourth-order valence-corrected chi connectivity index (χ4v) is 5.03. The number of aromatic amines is 1. The van der Waals surface area contributed by atoms with Crippen molar-refractivity contribution in [3.8, 4) is 11.6 Å². The predicted octanol–water partition coefficient (Wildman–Crippen LogP) is 4.16. The van der Waals surface area contributed by atoms with Crippen molar-refractivity contribution in [2.45, 2.75) is 18.7 Å². The molecule has 4 rings (SSSR count). The fourth-order valence-electron chi connectivity index (χ4n) is 3.44. The molecule has 0 saturated heterocycles. The Morgan fingerprint density at radius 1 is 1.03 bits per heavy atom. The topological polar surface area (TPSA) is 134 Å². The SMILES string of the molecule is Cc1ccc(C)c(-n2c(O)c(C=Nc3ccc(S(=O)(=O)Nc4ccccc4Br)cc3)c(=O)[nH]c2=O)c1. The number of benzene rings is 3. The number of hydrogen-bond acceptors (Lipinski definition) is 6. The normalized spacial score (nSPS) is 11.6. The smallest absolute Gasteiger partial charge is 0.335 e. The Balaban J connectivity index is 1.65. The second-order valence-corrected chi connectivity index (χ2v) is 10.5. The number of anilines is 1. The van der Waals surface area contributed by atoms with E-state index in [4.69, 9.17) is 0 Å². The molecule has 1 heterocycles. The molecule has 0 aliphatic heterocycles. The summed E-state index contributed by atoms with van der Waals surface area (Å²) < 4.78 is 29.5. The summed E-state index contributed by atoms with van der Waals surface area (Å²) in [4.78, 5) is 31.3. The standard InChI is InChI=1S/C25H21BrN4O5S/c1-15-7-8-16(2)22(13-15)30-24(32)19(23(31)28-25(30)33)14-27-17-9-11-18(12-10-17)36(34,35)29-21-6-4-3-5-20(21)26/h3-14,29,32H,1-2H3,(H,28,31,33). The van der Waals surface area contributed by atoms with Crippen LogP contribution in [0.5, 0.6) is 5.88 Å². The number of nitrogens with zero attached hydrogens (tertiary/aromatic N) is 2. The highest BCUT2D eigenvalue weighted by Gasteiger charge is 2.17. The molecule has 3 N–H and O–H groups in total. The molecular weight excluding hydrogens is 548 g/mol. The zero-order chi connectivity index (χ0) is 26.0. The van der Waals surface area contributed by atoms with Crippen LogP contribution >= 0.6 is 15.9 Å². The van der Waals surface area contributed by atoms with Crippen molar-refractivity contribution in [3.05, 3.63) is 109 Å². The monoisotopic (exact) mass is 568 g/mol. The molecule has 184 valence electrons. The molecular formula is C25H21BrN4O5S. The minimum atomic E-state index is -3.85. The van der Waals surface area contributed by atoms with Crippen LogP contribution in [-0.2, 0) is 10.0 Å². The lowest BCUT2D eigenvalue weighted by Crippen LogP contribution is -2.31. The number of sulfonamides is 1. The molecule has 0 amide bonds. The molecule has 0 saturated carbocycles. The molecule has 9 nitrogen and oxygen atoms in total. The molecule has 11 heteroatoms. The van der Waals surface area contributed by atoms with Crippen molar-refractivity contribution >= 4 is 43.5 Å². The molecule has 0 aliphatic rings. The Morgan fingerprint density at radius 3 is 2.42 bits per heavy atom. The third-order valence-electron chi connectivity index (χ3n) is 5.33. The van der Waals surface area contributed by atoms with Crippen LogP contribution in [0, 0.1) is 13.8 Å². The van der Waals surface area contributed by atoms with Gasteiger partial charge in [-0.2, -0.15) is 0 Å². The van der Waals surface area contributed by atoms with Crippen LogP contribution in [-0.4, -0.2) is 29.3 Å². The number of halogens is 1. The second-order valence-electron chi connectivity index (χ2n) is 7.96.